The van der Waals surface area contributed by atoms with Gasteiger partial charge in [0.25, 0.3) is 0 Å². The summed E-state index contributed by atoms with van der Waals surface area (Å²) in [7, 11) is 0. The summed E-state index contributed by atoms with van der Waals surface area (Å²) in [5, 5.41) is 0. The summed E-state index contributed by atoms with van der Waals surface area (Å²) in [6.07, 6.45) is 1.80. The van der Waals surface area contributed by atoms with E-state index in [1.807, 2.05) is 20.8 Å². The highest BCUT2D eigenvalue weighted by Gasteiger charge is 2.32. The van der Waals surface area contributed by atoms with Crippen molar-refractivity contribution < 1.29 is 4.79 Å². The maximum absolute atomic E-state index is 12.8. The zero-order valence-electron chi connectivity index (χ0n) is 15.1. The van der Waals surface area contributed by atoms with E-state index in [-0.39, 0.29) is 16.7 Å². The van der Waals surface area contributed by atoms with Crippen LogP contribution >= 0.6 is 0 Å². The van der Waals surface area contributed by atoms with Crippen molar-refractivity contribution in [2.75, 3.05) is 0 Å². The van der Waals surface area contributed by atoms with Gasteiger partial charge in [-0.1, -0.05) is 59.7 Å². The van der Waals surface area contributed by atoms with Crippen molar-refractivity contribution in [3.8, 4) is 0 Å². The molecule has 0 saturated heterocycles. The number of hydrogen-bond acceptors (Lipinski definition) is 1. The average molecular weight is 288 g/mol. The second kappa shape index (κ2) is 6.34. The van der Waals surface area contributed by atoms with Gasteiger partial charge in [-0.3, -0.25) is 4.79 Å². The quantitative estimate of drug-likeness (QED) is 0.713. The van der Waals surface area contributed by atoms with Crippen LogP contribution in [0.4, 0.5) is 0 Å². The normalized spacial score (nSPS) is 14.1. The predicted octanol–water partition coefficient (Wildman–Crippen LogP) is 5.51. The van der Waals surface area contributed by atoms with Crippen molar-refractivity contribution in [2.45, 2.75) is 68.2 Å². The van der Waals surface area contributed by atoms with Crippen molar-refractivity contribution >= 4 is 5.78 Å². The third-order valence-electron chi connectivity index (χ3n) is 4.15. The number of carbonyl (C=O) groups excluding carboxylic acids is 1. The summed E-state index contributed by atoms with van der Waals surface area (Å²) in [4.78, 5) is 12.8. The van der Waals surface area contributed by atoms with E-state index in [2.05, 4.69) is 52.8 Å². The van der Waals surface area contributed by atoms with Crippen LogP contribution in [0.2, 0.25) is 0 Å². The Morgan fingerprint density at radius 2 is 1.62 bits per heavy atom. The molecule has 0 radical (unpaired) electrons. The molecule has 0 bridgehead atoms. The minimum atomic E-state index is -0.270. The molecule has 0 spiro atoms. The Hall–Kier alpha value is -1.11. The Morgan fingerprint density at radius 1 is 1.05 bits per heavy atom. The van der Waals surface area contributed by atoms with E-state index in [1.54, 1.807) is 0 Å². The second-order valence-corrected chi connectivity index (χ2v) is 8.64. The molecule has 21 heavy (non-hydrogen) atoms. The summed E-state index contributed by atoms with van der Waals surface area (Å²) < 4.78 is 0. The number of carbonyl (C=O) groups is 1. The molecule has 0 amide bonds. The number of hydrogen-bond donors (Lipinski definition) is 0. The molecular formula is C20H32O. The molecule has 1 aromatic carbocycles. The van der Waals surface area contributed by atoms with Gasteiger partial charge in [0.05, 0.1) is 0 Å². The molecule has 0 aromatic heterocycles. The molecule has 1 heteroatoms. The van der Waals surface area contributed by atoms with E-state index >= 15 is 0 Å². The maximum atomic E-state index is 12.8. The summed E-state index contributed by atoms with van der Waals surface area (Å²) in [6, 6.07) is 6.42. The van der Waals surface area contributed by atoms with Gasteiger partial charge in [0, 0.05) is 11.3 Å². The highest BCUT2D eigenvalue weighted by atomic mass is 16.1. The van der Waals surface area contributed by atoms with Crippen LogP contribution in [0.15, 0.2) is 18.2 Å². The largest absolute Gasteiger partial charge is 0.299 e. The van der Waals surface area contributed by atoms with Gasteiger partial charge in [-0.2, -0.15) is 0 Å². The Kier molecular flexibility index (Phi) is 5.41. The minimum Gasteiger partial charge on any atom is -0.299 e. The van der Waals surface area contributed by atoms with E-state index in [4.69, 9.17) is 0 Å². The van der Waals surface area contributed by atoms with Gasteiger partial charge in [0.1, 0.15) is 5.78 Å². The van der Waals surface area contributed by atoms with E-state index in [1.165, 1.54) is 16.7 Å². The first kappa shape index (κ1) is 17.9. The van der Waals surface area contributed by atoms with Gasteiger partial charge in [0.15, 0.2) is 0 Å². The number of rotatable bonds is 4. The summed E-state index contributed by atoms with van der Waals surface area (Å²) in [6.45, 7) is 17.1. The van der Waals surface area contributed by atoms with Gasteiger partial charge in [-0.15, -0.1) is 0 Å². The number of benzene rings is 1. The topological polar surface area (TPSA) is 17.1 Å². The molecule has 0 fully saturated rings. The molecule has 0 aliphatic rings. The van der Waals surface area contributed by atoms with Gasteiger partial charge in [-0.05, 0) is 48.8 Å². The van der Waals surface area contributed by atoms with Gasteiger partial charge < -0.3 is 0 Å². The predicted molar refractivity (Wildman–Crippen MR) is 91.6 cm³/mol. The molecule has 0 N–H and O–H groups in total. The van der Waals surface area contributed by atoms with Crippen LogP contribution in [0.25, 0.3) is 0 Å². The summed E-state index contributed by atoms with van der Waals surface area (Å²) >= 11 is 0. The van der Waals surface area contributed by atoms with E-state index in [0.717, 1.165) is 12.8 Å². The highest BCUT2D eigenvalue weighted by molar-refractivity contribution is 5.86. The van der Waals surface area contributed by atoms with E-state index < -0.39 is 0 Å². The van der Waals surface area contributed by atoms with Crippen molar-refractivity contribution in [1.82, 2.24) is 0 Å². The van der Waals surface area contributed by atoms with Gasteiger partial charge >= 0.3 is 0 Å². The summed E-state index contributed by atoms with van der Waals surface area (Å²) in [5.41, 5.74) is 3.86. The zero-order valence-corrected chi connectivity index (χ0v) is 15.1. The van der Waals surface area contributed by atoms with Crippen LogP contribution in [0, 0.1) is 30.6 Å². The molecule has 118 valence electrons. The molecular weight excluding hydrogens is 256 g/mol. The molecule has 0 heterocycles. The first-order valence-electron chi connectivity index (χ1n) is 8.01. The maximum Gasteiger partial charge on any atom is 0.141 e. The molecule has 1 aromatic rings. The Labute approximate surface area is 131 Å². The SMILES string of the molecule is Cc1cccc(C[C@H](CC(C)(C)C)C(=O)C(C)(C)C)c1C. The lowest BCUT2D eigenvalue weighted by molar-refractivity contribution is -0.131. The molecule has 1 rings (SSSR count). The van der Waals surface area contributed by atoms with Crippen molar-refractivity contribution in [3.05, 3.63) is 34.9 Å². The lowest BCUT2D eigenvalue weighted by Gasteiger charge is -2.30. The fraction of sp³-hybridized carbons (Fsp3) is 0.650. The van der Waals surface area contributed by atoms with Crippen LogP contribution in [0.1, 0.15) is 64.7 Å². The fourth-order valence-corrected chi connectivity index (χ4v) is 2.91. The smallest absolute Gasteiger partial charge is 0.141 e. The zero-order chi connectivity index (χ0) is 16.4. The highest BCUT2D eigenvalue weighted by Crippen LogP contribution is 2.33. The summed E-state index contributed by atoms with van der Waals surface area (Å²) in [5.74, 6) is 0.490. The molecule has 0 saturated carbocycles. The first-order valence-corrected chi connectivity index (χ1v) is 8.01. The molecule has 1 nitrogen and oxygen atoms in total. The van der Waals surface area contributed by atoms with Crippen LogP contribution in [-0.2, 0) is 11.2 Å². The first-order chi connectivity index (χ1) is 9.42. The standard InChI is InChI=1S/C20H32O/c1-14-10-9-11-16(15(14)2)12-17(13-19(3,4)5)18(21)20(6,7)8/h9-11,17H,12-13H2,1-8H3/t17-/m1/s1. The van der Waals surface area contributed by atoms with Crippen LogP contribution in [0.3, 0.4) is 0 Å². The average Bonchev–Trinajstić information content (AvgIpc) is 2.30. The Morgan fingerprint density at radius 3 is 2.10 bits per heavy atom. The van der Waals surface area contributed by atoms with Gasteiger partial charge in [-0.25, -0.2) is 0 Å². The van der Waals surface area contributed by atoms with Crippen LogP contribution in [-0.4, -0.2) is 5.78 Å². The Balaban J connectivity index is 3.08. The minimum absolute atomic E-state index is 0.102. The van der Waals surface area contributed by atoms with Gasteiger partial charge in [0.2, 0.25) is 0 Å². The van der Waals surface area contributed by atoms with Crippen LogP contribution in [0.5, 0.6) is 0 Å². The molecule has 1 atom stereocenters. The lowest BCUT2D eigenvalue weighted by atomic mass is 9.73. The number of ketones is 1. The third-order valence-corrected chi connectivity index (χ3v) is 4.15. The molecule has 0 aliphatic heterocycles. The molecule has 0 aliphatic carbocycles. The van der Waals surface area contributed by atoms with E-state index in [9.17, 15) is 4.79 Å². The van der Waals surface area contributed by atoms with Crippen molar-refractivity contribution in [3.63, 3.8) is 0 Å². The third kappa shape index (κ3) is 5.30. The lowest BCUT2D eigenvalue weighted by Crippen LogP contribution is -2.32. The number of Topliss-reactive ketones (excluding diaryl/α,β-unsaturated/α-hetero) is 1. The Bertz CT molecular complexity index is 498. The van der Waals surface area contributed by atoms with Crippen LogP contribution < -0.4 is 0 Å². The molecule has 0 unspecified atom stereocenters. The fourth-order valence-electron chi connectivity index (χ4n) is 2.91. The number of aryl methyl sites for hydroxylation is 1. The second-order valence-electron chi connectivity index (χ2n) is 8.64. The van der Waals surface area contributed by atoms with E-state index in [0.29, 0.717) is 5.78 Å². The van der Waals surface area contributed by atoms with Crippen molar-refractivity contribution in [1.29, 1.82) is 0 Å². The van der Waals surface area contributed by atoms with Crippen molar-refractivity contribution in [2.24, 2.45) is 16.7 Å². The monoisotopic (exact) mass is 288 g/mol.